The van der Waals surface area contributed by atoms with Crippen LogP contribution in [0.3, 0.4) is 0 Å². The summed E-state index contributed by atoms with van der Waals surface area (Å²) < 4.78 is 46.5. The lowest BCUT2D eigenvalue weighted by Gasteiger charge is -2.29. The van der Waals surface area contributed by atoms with Crippen molar-refractivity contribution in [3.63, 3.8) is 0 Å². The van der Waals surface area contributed by atoms with E-state index in [1.165, 1.54) is 0 Å². The summed E-state index contributed by atoms with van der Waals surface area (Å²) in [6.07, 6.45) is -1.34. The zero-order valence-electron chi connectivity index (χ0n) is 18.9. The molecule has 2 aliphatic carbocycles. The Balaban J connectivity index is 1.21. The number of hydrogen-bond donors (Lipinski definition) is 2. The lowest BCUT2D eigenvalue weighted by atomic mass is 9.84. The minimum Gasteiger partial charge on any atom is -0.488 e. The minimum absolute atomic E-state index is 0.00245. The van der Waals surface area contributed by atoms with Gasteiger partial charge in [0.1, 0.15) is 17.2 Å². The predicted molar refractivity (Wildman–Crippen MR) is 128 cm³/mol. The number of nitrogens with one attached hydrogen (secondary N) is 1. The number of carboxylic acid groups (broad SMARTS) is 1. The topological polar surface area (TPSA) is 58.6 Å². The van der Waals surface area contributed by atoms with E-state index in [1.807, 2.05) is 12.1 Å². The van der Waals surface area contributed by atoms with Gasteiger partial charge < -0.3 is 15.2 Å². The smallest absolute Gasteiger partial charge is 0.426 e. The summed E-state index contributed by atoms with van der Waals surface area (Å²) in [5.41, 5.74) is 1.70. The number of carboxylic acids is 1. The van der Waals surface area contributed by atoms with Crippen LogP contribution in [0.2, 0.25) is 0 Å². The average Bonchev–Trinajstić information content (AvgIpc) is 3.57. The van der Waals surface area contributed by atoms with E-state index in [1.54, 1.807) is 48.5 Å². The van der Waals surface area contributed by atoms with Gasteiger partial charge >= 0.3 is 12.1 Å². The van der Waals surface area contributed by atoms with Crippen molar-refractivity contribution in [1.82, 2.24) is 5.32 Å². The van der Waals surface area contributed by atoms with Crippen molar-refractivity contribution in [2.75, 3.05) is 0 Å². The summed E-state index contributed by atoms with van der Waals surface area (Å²) in [6.45, 7) is 0.613. The first kappa shape index (κ1) is 23.9. The molecular formula is C27H26F3NO3S. The molecule has 5 rings (SSSR count). The summed E-state index contributed by atoms with van der Waals surface area (Å²) in [5, 5.41) is 13.1. The van der Waals surface area contributed by atoms with E-state index in [0.717, 1.165) is 24.8 Å². The minimum atomic E-state index is -4.43. The van der Waals surface area contributed by atoms with Gasteiger partial charge in [-0.25, -0.2) is 0 Å². The molecule has 2 aliphatic rings. The summed E-state index contributed by atoms with van der Waals surface area (Å²) in [7, 11) is 0. The maximum absolute atomic E-state index is 13.6. The second kappa shape index (κ2) is 9.66. The van der Waals surface area contributed by atoms with Crippen LogP contribution < -0.4 is 10.1 Å². The van der Waals surface area contributed by atoms with E-state index in [-0.39, 0.29) is 30.0 Å². The van der Waals surface area contributed by atoms with E-state index >= 15 is 0 Å². The van der Waals surface area contributed by atoms with Crippen LogP contribution in [0, 0.1) is 17.8 Å². The lowest BCUT2D eigenvalue weighted by Crippen LogP contribution is -2.43. The van der Waals surface area contributed by atoms with Crippen LogP contribution in [0.4, 0.5) is 13.2 Å². The molecule has 2 unspecified atom stereocenters. The Hall–Kier alpha value is -2.84. The van der Waals surface area contributed by atoms with Gasteiger partial charge in [0.2, 0.25) is 0 Å². The third-order valence-electron chi connectivity index (χ3n) is 7.17. The zero-order chi connectivity index (χ0) is 24.6. The largest absolute Gasteiger partial charge is 0.488 e. The molecule has 8 heteroatoms. The molecule has 1 aromatic heterocycles. The number of rotatable bonds is 8. The number of ether oxygens (including phenoxy) is 1. The second-order valence-electron chi connectivity index (χ2n) is 9.36. The van der Waals surface area contributed by atoms with Crippen molar-refractivity contribution in [2.45, 2.75) is 44.6 Å². The molecule has 0 spiro atoms. The lowest BCUT2D eigenvalue weighted by molar-refractivity contribution is -0.144. The van der Waals surface area contributed by atoms with E-state index in [2.05, 4.69) is 5.32 Å². The monoisotopic (exact) mass is 501 g/mol. The van der Waals surface area contributed by atoms with Gasteiger partial charge in [-0.1, -0.05) is 42.5 Å². The van der Waals surface area contributed by atoms with Crippen LogP contribution in [-0.2, 0) is 24.1 Å². The normalized spacial score (nSPS) is 23.5. The number of halogens is 3. The van der Waals surface area contributed by atoms with E-state index < -0.39 is 17.0 Å². The van der Waals surface area contributed by atoms with Crippen LogP contribution in [0.15, 0.2) is 60.7 Å². The van der Waals surface area contributed by atoms with Crippen molar-refractivity contribution in [3.05, 3.63) is 76.0 Å². The predicted octanol–water partition coefficient (Wildman–Crippen LogP) is 6.60. The highest BCUT2D eigenvalue weighted by atomic mass is 32.1. The van der Waals surface area contributed by atoms with Gasteiger partial charge in [0, 0.05) is 23.0 Å². The van der Waals surface area contributed by atoms with Crippen molar-refractivity contribution >= 4 is 17.3 Å². The number of alkyl halides is 3. The van der Waals surface area contributed by atoms with Gasteiger partial charge in [-0.15, -0.1) is 11.3 Å². The molecule has 3 aromatic rings. The van der Waals surface area contributed by atoms with Crippen molar-refractivity contribution in [1.29, 1.82) is 0 Å². The molecule has 2 aromatic carbocycles. The molecule has 35 heavy (non-hydrogen) atoms. The summed E-state index contributed by atoms with van der Waals surface area (Å²) in [6, 6.07) is 17.5. The average molecular weight is 502 g/mol. The highest BCUT2D eigenvalue weighted by Crippen LogP contribution is 2.48. The fraction of sp³-hybridized carbons (Fsp3) is 0.370. The molecule has 2 saturated carbocycles. The third kappa shape index (κ3) is 5.09. The Bertz CT molecular complexity index is 1180. The Morgan fingerprint density at radius 2 is 1.77 bits per heavy atom. The number of fused-ring (bicyclic) bond motifs is 2. The number of thiophene rings is 1. The molecule has 184 valence electrons. The van der Waals surface area contributed by atoms with Gasteiger partial charge in [0.15, 0.2) is 0 Å². The molecule has 2 N–H and O–H groups in total. The molecular weight excluding hydrogens is 475 g/mol. The van der Waals surface area contributed by atoms with Crippen molar-refractivity contribution in [3.8, 4) is 16.9 Å². The molecule has 4 atom stereocenters. The third-order valence-corrected chi connectivity index (χ3v) is 8.33. The molecule has 0 aliphatic heterocycles. The Kier molecular flexibility index (Phi) is 6.59. The Morgan fingerprint density at radius 1 is 1.06 bits per heavy atom. The van der Waals surface area contributed by atoms with Crippen LogP contribution in [0.25, 0.3) is 11.1 Å². The van der Waals surface area contributed by atoms with Gasteiger partial charge in [-0.3, -0.25) is 4.79 Å². The number of aliphatic carboxylic acids is 1. The Morgan fingerprint density at radius 3 is 2.46 bits per heavy atom. The van der Waals surface area contributed by atoms with Crippen LogP contribution in [-0.4, -0.2) is 17.1 Å². The molecule has 2 bridgehead atoms. The number of benzene rings is 2. The van der Waals surface area contributed by atoms with Gasteiger partial charge in [-0.2, -0.15) is 13.2 Å². The molecule has 0 saturated heterocycles. The molecule has 0 radical (unpaired) electrons. The van der Waals surface area contributed by atoms with Crippen LogP contribution in [0.5, 0.6) is 5.75 Å². The molecule has 2 fully saturated rings. The maximum Gasteiger partial charge on any atom is 0.426 e. The first-order valence-electron chi connectivity index (χ1n) is 11.7. The molecule has 1 heterocycles. The molecule has 0 amide bonds. The summed E-state index contributed by atoms with van der Waals surface area (Å²) >= 11 is 0.706. The highest BCUT2D eigenvalue weighted by Gasteiger charge is 2.50. The standard InChI is InChI=1S/C27H26F3NO3S/c28-27(29,30)25-22(17-4-2-1-3-5-17)13-21(35-25)15-34-20-10-6-16(7-11-20)14-31-24-19-9-8-18(12-19)23(24)26(32)33/h1-7,10-11,13,18-19,23-24,31H,8-9,12,14-15H2,(H,32,33)/t18?,19-,23+,24?/m1/s1. The first-order chi connectivity index (χ1) is 16.8. The summed E-state index contributed by atoms with van der Waals surface area (Å²) in [4.78, 5) is 11.6. The number of hydrogen-bond acceptors (Lipinski definition) is 4. The van der Waals surface area contributed by atoms with Crippen molar-refractivity contribution < 1.29 is 27.8 Å². The quantitative estimate of drug-likeness (QED) is 0.365. The van der Waals surface area contributed by atoms with Gasteiger partial charge in [0.05, 0.1) is 5.92 Å². The van der Waals surface area contributed by atoms with Crippen LogP contribution >= 0.6 is 11.3 Å². The maximum atomic E-state index is 13.6. The van der Waals surface area contributed by atoms with E-state index in [0.29, 0.717) is 40.0 Å². The fourth-order valence-electron chi connectivity index (χ4n) is 5.59. The SMILES string of the molecule is O=C(O)[C@H]1C2CC[C@H](C2)C1NCc1ccc(OCc2cc(-c3ccccc3)c(C(F)(F)F)s2)cc1. The van der Waals surface area contributed by atoms with Crippen molar-refractivity contribution in [2.24, 2.45) is 17.8 Å². The summed E-state index contributed by atoms with van der Waals surface area (Å²) in [5.74, 6) is 0.251. The van der Waals surface area contributed by atoms with Crippen LogP contribution in [0.1, 0.15) is 34.6 Å². The van der Waals surface area contributed by atoms with E-state index in [9.17, 15) is 23.1 Å². The zero-order valence-corrected chi connectivity index (χ0v) is 19.7. The second-order valence-corrected chi connectivity index (χ2v) is 10.5. The fourth-order valence-corrected chi connectivity index (χ4v) is 6.55. The number of carbonyl (C=O) groups is 1. The van der Waals surface area contributed by atoms with E-state index in [4.69, 9.17) is 4.74 Å². The van der Waals surface area contributed by atoms with Gasteiger partial charge in [-0.05, 0) is 60.4 Å². The first-order valence-corrected chi connectivity index (χ1v) is 12.5. The van der Waals surface area contributed by atoms with Gasteiger partial charge in [0.25, 0.3) is 0 Å². The highest BCUT2D eigenvalue weighted by molar-refractivity contribution is 7.12. The molecule has 4 nitrogen and oxygen atoms in total. The Labute approximate surface area is 205 Å².